The van der Waals surface area contributed by atoms with E-state index in [-0.39, 0.29) is 17.3 Å². The Morgan fingerprint density at radius 3 is 2.32 bits per heavy atom. The molecule has 1 fully saturated rings. The number of anilines is 1. The Morgan fingerprint density at radius 2 is 1.57 bits per heavy atom. The van der Waals surface area contributed by atoms with Crippen LogP contribution in [0, 0.1) is 5.82 Å². The summed E-state index contributed by atoms with van der Waals surface area (Å²) in [6, 6.07) is 23.3. The van der Waals surface area contributed by atoms with Gasteiger partial charge >= 0.3 is 0 Å². The average molecular weight is 369 g/mol. The Kier molecular flexibility index (Phi) is 3.73. The van der Waals surface area contributed by atoms with Crippen molar-refractivity contribution in [2.75, 3.05) is 4.90 Å². The number of carbonyl (C=O) groups excluding carboxylic acids is 1. The van der Waals surface area contributed by atoms with E-state index in [0.29, 0.717) is 6.42 Å². The quantitative estimate of drug-likeness (QED) is 0.557. The van der Waals surface area contributed by atoms with Gasteiger partial charge in [0.1, 0.15) is 5.82 Å². The number of fused-ring (bicyclic) bond motifs is 3. The van der Waals surface area contributed by atoms with Crippen LogP contribution in [0.3, 0.4) is 0 Å². The normalized spacial score (nSPS) is 20.6. The molecule has 1 atom stereocenters. The number of carbonyl (C=O) groups is 1. The van der Waals surface area contributed by atoms with Crippen LogP contribution in [0.25, 0.3) is 16.7 Å². The Morgan fingerprint density at radius 1 is 0.893 bits per heavy atom. The Hall–Kier alpha value is -3.20. The summed E-state index contributed by atoms with van der Waals surface area (Å²) in [5.74, 6) is -0.189. The molecule has 2 heterocycles. The summed E-state index contributed by atoms with van der Waals surface area (Å²) in [5.41, 5.74) is 5.54. The molecule has 1 unspecified atom stereocenters. The smallest absolute Gasteiger partial charge is 0.227 e. The van der Waals surface area contributed by atoms with E-state index in [9.17, 15) is 9.18 Å². The van der Waals surface area contributed by atoms with Gasteiger partial charge in [0.05, 0.1) is 11.2 Å². The Labute approximate surface area is 163 Å². The van der Waals surface area contributed by atoms with E-state index < -0.39 is 0 Å². The van der Waals surface area contributed by atoms with Crippen molar-refractivity contribution in [2.45, 2.75) is 25.3 Å². The highest BCUT2D eigenvalue weighted by atomic mass is 19.1. The minimum Gasteiger partial charge on any atom is -0.302 e. The highest BCUT2D eigenvalue weighted by molar-refractivity contribution is 6.04. The molecule has 28 heavy (non-hydrogen) atoms. The van der Waals surface area contributed by atoms with E-state index in [1.54, 1.807) is 6.07 Å². The van der Waals surface area contributed by atoms with Gasteiger partial charge in [0, 0.05) is 12.0 Å². The van der Waals surface area contributed by atoms with Gasteiger partial charge in [-0.05, 0) is 53.8 Å². The predicted molar refractivity (Wildman–Crippen MR) is 110 cm³/mol. The van der Waals surface area contributed by atoms with E-state index in [1.807, 2.05) is 23.1 Å². The largest absolute Gasteiger partial charge is 0.302 e. The van der Waals surface area contributed by atoms with Crippen LogP contribution >= 0.6 is 0 Å². The zero-order valence-electron chi connectivity index (χ0n) is 15.7. The number of benzene rings is 3. The minimum absolute atomic E-state index is 0.102. The molecule has 2 aliphatic rings. The molecule has 0 saturated carbocycles. The van der Waals surface area contributed by atoms with Crippen LogP contribution in [-0.2, 0) is 4.79 Å². The summed E-state index contributed by atoms with van der Waals surface area (Å²) in [7, 11) is 0. The van der Waals surface area contributed by atoms with Crippen LogP contribution in [-0.4, -0.2) is 11.4 Å². The van der Waals surface area contributed by atoms with Gasteiger partial charge in [-0.1, -0.05) is 60.7 Å². The molecule has 0 spiro atoms. The Bertz CT molecular complexity index is 1100. The van der Waals surface area contributed by atoms with Gasteiger partial charge in [0.15, 0.2) is 0 Å². The molecule has 2 nitrogen and oxygen atoms in total. The van der Waals surface area contributed by atoms with E-state index >= 15 is 0 Å². The van der Waals surface area contributed by atoms with Crippen molar-refractivity contribution < 1.29 is 9.18 Å². The average Bonchev–Trinajstić information content (AvgIpc) is 3.03. The van der Waals surface area contributed by atoms with Crippen molar-refractivity contribution in [2.24, 2.45) is 0 Å². The molecule has 3 aromatic carbocycles. The molecule has 5 rings (SSSR count). The molecule has 0 aliphatic carbocycles. The summed E-state index contributed by atoms with van der Waals surface area (Å²) in [6.07, 6.45) is 3.43. The lowest BCUT2D eigenvalue weighted by Crippen LogP contribution is -2.44. The zero-order chi connectivity index (χ0) is 19.3. The van der Waals surface area contributed by atoms with Gasteiger partial charge in [-0.25, -0.2) is 4.39 Å². The standard InChI is InChI=1S/C25H20FNO/c1-25-14-13-24(28)27(25)23-12-11-20(26)15-21(23)22(16-25)19-9-7-18(8-10-19)17-5-3-2-4-6-17/h2-12,15-16H,13-14H2,1H3. The van der Waals surface area contributed by atoms with Crippen LogP contribution in [0.4, 0.5) is 10.1 Å². The van der Waals surface area contributed by atoms with Gasteiger partial charge in [-0.2, -0.15) is 0 Å². The highest BCUT2D eigenvalue weighted by Gasteiger charge is 2.45. The second-order valence-corrected chi connectivity index (χ2v) is 7.75. The Balaban J connectivity index is 1.63. The molecule has 3 heteroatoms. The number of amides is 1. The van der Waals surface area contributed by atoms with Gasteiger partial charge in [-0.15, -0.1) is 0 Å². The fraction of sp³-hybridized carbons (Fsp3) is 0.160. The molecule has 0 N–H and O–H groups in total. The third kappa shape index (κ3) is 2.58. The molecule has 1 amide bonds. The van der Waals surface area contributed by atoms with Crippen LogP contribution < -0.4 is 4.90 Å². The van der Waals surface area contributed by atoms with E-state index in [0.717, 1.165) is 39.9 Å². The van der Waals surface area contributed by atoms with E-state index in [4.69, 9.17) is 0 Å². The fourth-order valence-corrected chi connectivity index (χ4v) is 4.43. The molecule has 3 aromatic rings. The van der Waals surface area contributed by atoms with Gasteiger partial charge in [0.25, 0.3) is 0 Å². The first-order valence-electron chi connectivity index (χ1n) is 9.57. The van der Waals surface area contributed by atoms with Crippen LogP contribution in [0.1, 0.15) is 30.9 Å². The molecule has 0 radical (unpaired) electrons. The van der Waals surface area contributed by atoms with Crippen molar-refractivity contribution in [1.82, 2.24) is 0 Å². The number of hydrogen-bond donors (Lipinski definition) is 0. The van der Waals surface area contributed by atoms with Gasteiger partial charge in [-0.3, -0.25) is 4.79 Å². The SMILES string of the molecule is CC12C=C(c3ccc(-c4ccccc4)cc3)c3cc(F)ccc3N1C(=O)CC2. The molecular formula is C25H20FNO. The predicted octanol–water partition coefficient (Wildman–Crippen LogP) is 5.82. The third-order valence-corrected chi connectivity index (χ3v) is 5.85. The first-order chi connectivity index (χ1) is 13.5. The van der Waals surface area contributed by atoms with Gasteiger partial charge in [0.2, 0.25) is 5.91 Å². The van der Waals surface area contributed by atoms with Crippen molar-refractivity contribution in [3.63, 3.8) is 0 Å². The second kappa shape index (κ2) is 6.16. The molecule has 0 aromatic heterocycles. The van der Waals surface area contributed by atoms with Crippen molar-refractivity contribution in [1.29, 1.82) is 0 Å². The second-order valence-electron chi connectivity index (χ2n) is 7.75. The van der Waals surface area contributed by atoms with Crippen molar-refractivity contribution in [3.05, 3.63) is 95.8 Å². The maximum absolute atomic E-state index is 14.1. The van der Waals surface area contributed by atoms with Crippen molar-refractivity contribution >= 4 is 17.2 Å². The van der Waals surface area contributed by atoms with Crippen LogP contribution in [0.2, 0.25) is 0 Å². The van der Waals surface area contributed by atoms with Crippen molar-refractivity contribution in [3.8, 4) is 11.1 Å². The molecule has 138 valence electrons. The summed E-state index contributed by atoms with van der Waals surface area (Å²) >= 11 is 0. The lowest BCUT2D eigenvalue weighted by molar-refractivity contribution is -0.117. The third-order valence-electron chi connectivity index (χ3n) is 5.85. The first-order valence-corrected chi connectivity index (χ1v) is 9.57. The topological polar surface area (TPSA) is 20.3 Å². The minimum atomic E-state index is -0.366. The zero-order valence-corrected chi connectivity index (χ0v) is 15.7. The number of nitrogens with zero attached hydrogens (tertiary/aromatic N) is 1. The van der Waals surface area contributed by atoms with E-state index in [1.165, 1.54) is 12.1 Å². The number of rotatable bonds is 2. The van der Waals surface area contributed by atoms with E-state index in [2.05, 4.69) is 49.4 Å². The molecule has 2 aliphatic heterocycles. The molecule has 1 saturated heterocycles. The lowest BCUT2D eigenvalue weighted by Gasteiger charge is -2.39. The van der Waals surface area contributed by atoms with Gasteiger partial charge < -0.3 is 4.90 Å². The maximum Gasteiger partial charge on any atom is 0.227 e. The number of hydrogen-bond acceptors (Lipinski definition) is 1. The highest BCUT2D eigenvalue weighted by Crippen LogP contribution is 2.47. The first kappa shape index (κ1) is 16.9. The molecule has 0 bridgehead atoms. The fourth-order valence-electron chi connectivity index (χ4n) is 4.43. The summed E-state index contributed by atoms with van der Waals surface area (Å²) in [5, 5.41) is 0. The lowest BCUT2D eigenvalue weighted by atomic mass is 9.84. The summed E-state index contributed by atoms with van der Waals surface area (Å²) in [6.45, 7) is 2.09. The van der Waals surface area contributed by atoms with Crippen LogP contribution in [0.15, 0.2) is 78.9 Å². The monoisotopic (exact) mass is 369 g/mol. The molecular weight excluding hydrogens is 349 g/mol. The summed E-state index contributed by atoms with van der Waals surface area (Å²) < 4.78 is 14.1. The summed E-state index contributed by atoms with van der Waals surface area (Å²) in [4.78, 5) is 14.3. The maximum atomic E-state index is 14.1. The number of halogens is 1. The van der Waals surface area contributed by atoms with Crippen LogP contribution in [0.5, 0.6) is 0 Å².